The largest absolute Gasteiger partial charge is 0.457 e. The number of halogens is 2. The average Bonchev–Trinajstić information content (AvgIpc) is 2.33. The zero-order valence-corrected chi connectivity index (χ0v) is 11.5. The van der Waals surface area contributed by atoms with Crippen LogP contribution >= 0.6 is 15.9 Å². The topological polar surface area (TPSA) is 52.4 Å². The third kappa shape index (κ3) is 3.29. The Hall–Kier alpha value is -1.95. The van der Waals surface area contributed by atoms with Crippen molar-refractivity contribution >= 4 is 21.6 Å². The lowest BCUT2D eigenvalue weighted by molar-refractivity contribution is -0.385. The van der Waals surface area contributed by atoms with Crippen LogP contribution in [0.15, 0.2) is 40.9 Å². The summed E-state index contributed by atoms with van der Waals surface area (Å²) in [4.78, 5) is 9.97. The summed E-state index contributed by atoms with van der Waals surface area (Å²) in [6, 6.07) is 8.36. The van der Waals surface area contributed by atoms with E-state index in [1.807, 2.05) is 6.92 Å². The van der Waals surface area contributed by atoms with Gasteiger partial charge < -0.3 is 4.74 Å². The second-order valence-electron chi connectivity index (χ2n) is 3.92. The molecule has 2 rings (SSSR count). The molecular weight excluding hydrogens is 317 g/mol. The molecule has 19 heavy (non-hydrogen) atoms. The van der Waals surface area contributed by atoms with Crippen LogP contribution in [0.25, 0.3) is 0 Å². The number of hydrogen-bond acceptors (Lipinski definition) is 3. The minimum Gasteiger partial charge on any atom is -0.457 e. The second kappa shape index (κ2) is 5.36. The molecule has 0 spiro atoms. The van der Waals surface area contributed by atoms with Gasteiger partial charge in [-0.3, -0.25) is 10.1 Å². The zero-order chi connectivity index (χ0) is 14.0. The minimum atomic E-state index is -0.710. The molecule has 0 saturated heterocycles. The summed E-state index contributed by atoms with van der Waals surface area (Å²) in [6.07, 6.45) is 0. The molecule has 0 aliphatic carbocycles. The van der Waals surface area contributed by atoms with Crippen LogP contribution in [0.5, 0.6) is 11.5 Å². The van der Waals surface area contributed by atoms with E-state index in [2.05, 4.69) is 15.9 Å². The summed E-state index contributed by atoms with van der Waals surface area (Å²) in [5, 5.41) is 10.6. The average molecular weight is 326 g/mol. The van der Waals surface area contributed by atoms with Gasteiger partial charge in [0.05, 0.1) is 17.1 Å². The summed E-state index contributed by atoms with van der Waals surface area (Å²) >= 11 is 3.35. The molecule has 0 radical (unpaired) electrons. The van der Waals surface area contributed by atoms with Crippen LogP contribution in [0.4, 0.5) is 10.1 Å². The van der Waals surface area contributed by atoms with Gasteiger partial charge in [0.25, 0.3) is 5.69 Å². The molecule has 0 heterocycles. The van der Waals surface area contributed by atoms with Crippen molar-refractivity contribution in [3.8, 4) is 11.5 Å². The molecule has 6 heteroatoms. The minimum absolute atomic E-state index is 0.0911. The van der Waals surface area contributed by atoms with E-state index in [9.17, 15) is 14.5 Å². The fraction of sp³-hybridized carbons (Fsp3) is 0.0769. The zero-order valence-electron chi connectivity index (χ0n) is 9.89. The molecule has 0 atom stereocenters. The Kier molecular flexibility index (Phi) is 3.80. The molecule has 0 unspecified atom stereocenters. The van der Waals surface area contributed by atoms with Crippen molar-refractivity contribution in [2.75, 3.05) is 0 Å². The standard InChI is InChI=1S/C13H9BrFNO3/c1-8-4-11(2-3-13(8)14)19-12-6-9(15)5-10(7-12)16(17)18/h2-7H,1H3. The Morgan fingerprint density at radius 1 is 1.21 bits per heavy atom. The number of nitrogens with zero attached hydrogens (tertiary/aromatic N) is 1. The summed E-state index contributed by atoms with van der Waals surface area (Å²) in [5.74, 6) is -0.132. The van der Waals surface area contributed by atoms with Crippen molar-refractivity contribution in [1.82, 2.24) is 0 Å². The number of nitro groups is 1. The quantitative estimate of drug-likeness (QED) is 0.612. The molecule has 0 aromatic heterocycles. The summed E-state index contributed by atoms with van der Waals surface area (Å²) in [6.45, 7) is 1.88. The van der Waals surface area contributed by atoms with E-state index in [1.165, 1.54) is 6.07 Å². The SMILES string of the molecule is Cc1cc(Oc2cc(F)cc([N+](=O)[O-])c2)ccc1Br. The second-order valence-corrected chi connectivity index (χ2v) is 4.77. The number of rotatable bonds is 3. The fourth-order valence-corrected chi connectivity index (χ4v) is 1.78. The lowest BCUT2D eigenvalue weighted by Gasteiger charge is -2.07. The lowest BCUT2D eigenvalue weighted by Crippen LogP contribution is -1.92. The molecular formula is C13H9BrFNO3. The first-order chi connectivity index (χ1) is 8.95. The van der Waals surface area contributed by atoms with Crippen molar-refractivity contribution in [2.45, 2.75) is 6.92 Å². The van der Waals surface area contributed by atoms with Crippen molar-refractivity contribution in [3.63, 3.8) is 0 Å². The molecule has 0 saturated carbocycles. The Bertz CT molecular complexity index is 646. The highest BCUT2D eigenvalue weighted by Crippen LogP contribution is 2.29. The number of aryl methyl sites for hydroxylation is 1. The van der Waals surface area contributed by atoms with Gasteiger partial charge in [0.2, 0.25) is 0 Å². The Labute approximate surface area is 117 Å². The summed E-state index contributed by atoms with van der Waals surface area (Å²) in [7, 11) is 0. The maximum Gasteiger partial charge on any atom is 0.276 e. The van der Waals surface area contributed by atoms with E-state index in [4.69, 9.17) is 4.74 Å². The fourth-order valence-electron chi connectivity index (χ4n) is 1.53. The highest BCUT2D eigenvalue weighted by Gasteiger charge is 2.11. The maximum atomic E-state index is 13.2. The van der Waals surface area contributed by atoms with Crippen LogP contribution in [0.3, 0.4) is 0 Å². The molecule has 0 fully saturated rings. The number of ether oxygens (including phenoxy) is 1. The normalized spacial score (nSPS) is 10.3. The van der Waals surface area contributed by atoms with Gasteiger partial charge in [-0.15, -0.1) is 0 Å². The number of non-ortho nitro benzene ring substituents is 1. The molecule has 2 aromatic rings. The number of nitro benzene ring substituents is 1. The smallest absolute Gasteiger partial charge is 0.276 e. The third-order valence-corrected chi connectivity index (χ3v) is 3.32. The predicted molar refractivity (Wildman–Crippen MR) is 72.0 cm³/mol. The Balaban J connectivity index is 2.32. The van der Waals surface area contributed by atoms with Crippen LogP contribution in [-0.2, 0) is 0 Å². The summed E-state index contributed by atoms with van der Waals surface area (Å²) in [5.41, 5.74) is 0.604. The van der Waals surface area contributed by atoms with E-state index in [-0.39, 0.29) is 11.4 Å². The van der Waals surface area contributed by atoms with E-state index in [0.29, 0.717) is 5.75 Å². The van der Waals surface area contributed by atoms with Crippen molar-refractivity contribution < 1.29 is 14.1 Å². The van der Waals surface area contributed by atoms with Crippen LogP contribution in [0, 0.1) is 22.9 Å². The predicted octanol–water partition coefficient (Wildman–Crippen LogP) is 4.60. The molecule has 2 aromatic carbocycles. The van der Waals surface area contributed by atoms with E-state index in [0.717, 1.165) is 22.2 Å². The molecule has 4 nitrogen and oxygen atoms in total. The van der Waals surface area contributed by atoms with Crippen LogP contribution in [0.1, 0.15) is 5.56 Å². The Morgan fingerprint density at radius 2 is 1.95 bits per heavy atom. The van der Waals surface area contributed by atoms with E-state index in [1.54, 1.807) is 18.2 Å². The van der Waals surface area contributed by atoms with Crippen LogP contribution in [0.2, 0.25) is 0 Å². The van der Waals surface area contributed by atoms with Gasteiger partial charge in [0.1, 0.15) is 17.3 Å². The molecule has 0 N–H and O–H groups in total. The first-order valence-electron chi connectivity index (χ1n) is 5.35. The van der Waals surface area contributed by atoms with Crippen LogP contribution < -0.4 is 4.74 Å². The van der Waals surface area contributed by atoms with Gasteiger partial charge in [-0.25, -0.2) is 4.39 Å². The van der Waals surface area contributed by atoms with E-state index < -0.39 is 10.7 Å². The Morgan fingerprint density at radius 3 is 2.58 bits per heavy atom. The maximum absolute atomic E-state index is 13.2. The number of hydrogen-bond donors (Lipinski definition) is 0. The highest BCUT2D eigenvalue weighted by atomic mass is 79.9. The highest BCUT2D eigenvalue weighted by molar-refractivity contribution is 9.10. The van der Waals surface area contributed by atoms with Gasteiger partial charge in [0.15, 0.2) is 0 Å². The lowest BCUT2D eigenvalue weighted by atomic mass is 10.2. The molecule has 0 aliphatic heterocycles. The van der Waals surface area contributed by atoms with Crippen molar-refractivity contribution in [1.29, 1.82) is 0 Å². The number of benzene rings is 2. The first-order valence-corrected chi connectivity index (χ1v) is 6.14. The van der Waals surface area contributed by atoms with Gasteiger partial charge in [0, 0.05) is 10.5 Å². The molecule has 0 amide bonds. The van der Waals surface area contributed by atoms with Crippen molar-refractivity contribution in [3.05, 3.63) is 62.4 Å². The van der Waals surface area contributed by atoms with Gasteiger partial charge in [-0.1, -0.05) is 15.9 Å². The molecule has 0 bridgehead atoms. The first kappa shape index (κ1) is 13.5. The van der Waals surface area contributed by atoms with E-state index >= 15 is 0 Å². The monoisotopic (exact) mass is 325 g/mol. The third-order valence-electron chi connectivity index (χ3n) is 2.43. The van der Waals surface area contributed by atoms with Gasteiger partial charge >= 0.3 is 0 Å². The van der Waals surface area contributed by atoms with Crippen molar-refractivity contribution in [2.24, 2.45) is 0 Å². The van der Waals surface area contributed by atoms with Crippen LogP contribution in [-0.4, -0.2) is 4.92 Å². The van der Waals surface area contributed by atoms with Gasteiger partial charge in [-0.2, -0.15) is 0 Å². The molecule has 98 valence electrons. The van der Waals surface area contributed by atoms with Gasteiger partial charge in [-0.05, 0) is 30.7 Å². The summed E-state index contributed by atoms with van der Waals surface area (Å²) < 4.78 is 19.6. The molecule has 0 aliphatic rings.